The minimum Gasteiger partial charge on any atom is -0.497 e. The van der Waals surface area contributed by atoms with Gasteiger partial charge in [-0.2, -0.15) is 0 Å². The maximum atomic E-state index is 14.9. The van der Waals surface area contributed by atoms with E-state index in [1.54, 1.807) is 26.4 Å². The molecule has 0 bridgehead atoms. The monoisotopic (exact) mass is 522 g/mol. The van der Waals surface area contributed by atoms with Crippen molar-refractivity contribution in [2.75, 3.05) is 14.2 Å². The zero-order valence-electron chi connectivity index (χ0n) is 23.2. The van der Waals surface area contributed by atoms with Crippen LogP contribution in [0.25, 0.3) is 11.1 Å². The summed E-state index contributed by atoms with van der Waals surface area (Å²) in [7, 11) is 3.24. The zero-order valence-corrected chi connectivity index (χ0v) is 23.2. The predicted octanol–water partition coefficient (Wildman–Crippen LogP) is 7.86. The second-order valence-corrected chi connectivity index (χ2v) is 10.9. The molecule has 2 atom stereocenters. The number of carbonyl (C=O) groups is 1. The maximum absolute atomic E-state index is 14.9. The molecule has 0 unspecified atom stereocenters. The van der Waals surface area contributed by atoms with Crippen LogP contribution in [0.5, 0.6) is 11.5 Å². The van der Waals surface area contributed by atoms with Crippen molar-refractivity contribution in [2.24, 2.45) is 11.3 Å². The summed E-state index contributed by atoms with van der Waals surface area (Å²) in [6.07, 6.45) is 1.56. The fraction of sp³-hybridized carbons (Fsp3) is 0.406. The number of rotatable bonds is 12. The van der Waals surface area contributed by atoms with Gasteiger partial charge in [-0.05, 0) is 82.8 Å². The molecule has 0 saturated carbocycles. The molecule has 0 spiro atoms. The highest BCUT2D eigenvalue weighted by Gasteiger charge is 2.29. The van der Waals surface area contributed by atoms with Crippen molar-refractivity contribution in [3.8, 4) is 22.6 Å². The predicted molar refractivity (Wildman–Crippen MR) is 148 cm³/mol. The molecule has 0 aromatic heterocycles. The van der Waals surface area contributed by atoms with E-state index in [4.69, 9.17) is 19.3 Å². The van der Waals surface area contributed by atoms with Crippen molar-refractivity contribution in [3.63, 3.8) is 0 Å². The molecule has 0 saturated heterocycles. The normalized spacial score (nSPS) is 13.1. The van der Waals surface area contributed by atoms with Gasteiger partial charge in [-0.1, -0.05) is 52.0 Å². The molecule has 6 heteroatoms. The molecule has 204 valence electrons. The maximum Gasteiger partial charge on any atom is 0.303 e. The first-order chi connectivity index (χ1) is 18.0. The van der Waals surface area contributed by atoms with Gasteiger partial charge < -0.3 is 19.3 Å². The van der Waals surface area contributed by atoms with E-state index in [1.165, 1.54) is 6.07 Å². The summed E-state index contributed by atoms with van der Waals surface area (Å²) in [5.74, 6) is 0.387. The van der Waals surface area contributed by atoms with Gasteiger partial charge in [0.05, 0.1) is 13.2 Å². The Hall–Kier alpha value is -3.38. The molecular formula is C32H39FO5. The summed E-state index contributed by atoms with van der Waals surface area (Å²) in [6.45, 7) is 8.60. The van der Waals surface area contributed by atoms with Crippen molar-refractivity contribution in [3.05, 3.63) is 83.2 Å². The van der Waals surface area contributed by atoms with Gasteiger partial charge in [-0.25, -0.2) is 4.39 Å². The first-order valence-corrected chi connectivity index (χ1v) is 12.9. The van der Waals surface area contributed by atoms with Crippen LogP contribution in [0.15, 0.2) is 60.7 Å². The Morgan fingerprint density at radius 3 is 2.18 bits per heavy atom. The number of methoxy groups -OCH3 is 2. The molecule has 0 heterocycles. The molecule has 0 aliphatic rings. The Bertz CT molecular complexity index is 1210. The molecule has 0 amide bonds. The molecule has 0 fully saturated rings. The number of ether oxygens (including phenoxy) is 3. The number of halogens is 1. The smallest absolute Gasteiger partial charge is 0.303 e. The number of hydrogen-bond acceptors (Lipinski definition) is 4. The Balaban J connectivity index is 1.81. The lowest BCUT2D eigenvalue weighted by molar-refractivity contribution is -0.138. The van der Waals surface area contributed by atoms with E-state index < -0.39 is 5.97 Å². The molecular weight excluding hydrogens is 483 g/mol. The summed E-state index contributed by atoms with van der Waals surface area (Å²) >= 11 is 0. The van der Waals surface area contributed by atoms with Crippen molar-refractivity contribution in [1.82, 2.24) is 0 Å². The van der Waals surface area contributed by atoms with Gasteiger partial charge in [0.2, 0.25) is 0 Å². The molecule has 0 radical (unpaired) electrons. The summed E-state index contributed by atoms with van der Waals surface area (Å²) in [6, 6.07) is 18.6. The number of benzene rings is 3. The Labute approximate surface area is 225 Å². The van der Waals surface area contributed by atoms with Crippen molar-refractivity contribution >= 4 is 5.97 Å². The highest BCUT2D eigenvalue weighted by atomic mass is 19.1. The number of aliphatic carboxylic acids is 1. The topological polar surface area (TPSA) is 65.0 Å². The van der Waals surface area contributed by atoms with Crippen molar-refractivity contribution < 1.29 is 28.5 Å². The molecule has 1 N–H and O–H groups in total. The van der Waals surface area contributed by atoms with Gasteiger partial charge >= 0.3 is 5.97 Å². The lowest BCUT2D eigenvalue weighted by Gasteiger charge is -2.32. The van der Waals surface area contributed by atoms with Gasteiger partial charge in [0.1, 0.15) is 23.9 Å². The van der Waals surface area contributed by atoms with E-state index in [0.717, 1.165) is 40.8 Å². The van der Waals surface area contributed by atoms with Crippen molar-refractivity contribution in [1.29, 1.82) is 0 Å². The van der Waals surface area contributed by atoms with Crippen LogP contribution < -0.4 is 9.47 Å². The fourth-order valence-corrected chi connectivity index (χ4v) is 4.68. The molecule has 3 rings (SSSR count). The van der Waals surface area contributed by atoms with Crippen molar-refractivity contribution in [2.45, 2.75) is 59.7 Å². The minimum absolute atomic E-state index is 0.134. The van der Waals surface area contributed by atoms with Crippen LogP contribution in [0.4, 0.5) is 4.39 Å². The van der Waals surface area contributed by atoms with Crippen LogP contribution >= 0.6 is 0 Å². The van der Waals surface area contributed by atoms with Crippen LogP contribution in [0.2, 0.25) is 0 Å². The van der Waals surface area contributed by atoms with Gasteiger partial charge in [-0.3, -0.25) is 4.79 Å². The van der Waals surface area contributed by atoms with Crippen LogP contribution in [0, 0.1) is 17.2 Å². The Kier molecular flexibility index (Phi) is 9.92. The number of aryl methyl sites for hydroxylation is 1. The number of carboxylic acids is 1. The average molecular weight is 523 g/mol. The summed E-state index contributed by atoms with van der Waals surface area (Å²) in [5.41, 5.74) is 3.98. The molecule has 3 aromatic rings. The molecule has 5 nitrogen and oxygen atoms in total. The van der Waals surface area contributed by atoms with E-state index >= 15 is 0 Å². The first kappa shape index (κ1) is 29.2. The van der Waals surface area contributed by atoms with E-state index in [0.29, 0.717) is 17.9 Å². The highest BCUT2D eigenvalue weighted by molar-refractivity contribution is 5.70. The quantitative estimate of drug-likeness (QED) is 0.262. The van der Waals surface area contributed by atoms with Crippen LogP contribution in [-0.4, -0.2) is 25.3 Å². The van der Waals surface area contributed by atoms with E-state index in [-0.39, 0.29) is 29.7 Å². The standard InChI is InChI=1S/C32H39FO5/c1-21(17-30(34)35)7-8-22-9-12-24(13-10-22)38-20-23-11-15-26(27-19-25(36-5)14-16-29(27)33)28(18-23)31(37-6)32(2,3)4/h9-16,18-19,21,31H,7-8,17,20H2,1-6H3,(H,34,35)/t21-,31+/m0/s1. The summed E-state index contributed by atoms with van der Waals surface area (Å²) in [5, 5.41) is 8.93. The average Bonchev–Trinajstić information content (AvgIpc) is 2.86. The third-order valence-corrected chi connectivity index (χ3v) is 6.66. The van der Waals surface area contributed by atoms with Gasteiger partial charge in [-0.15, -0.1) is 0 Å². The largest absolute Gasteiger partial charge is 0.497 e. The Morgan fingerprint density at radius 2 is 1.58 bits per heavy atom. The molecule has 0 aliphatic heterocycles. The second-order valence-electron chi connectivity index (χ2n) is 10.9. The van der Waals surface area contributed by atoms with E-state index in [1.807, 2.05) is 49.4 Å². The third kappa shape index (κ3) is 7.81. The van der Waals surface area contributed by atoms with E-state index in [2.05, 4.69) is 20.8 Å². The van der Waals surface area contributed by atoms with Crippen LogP contribution in [-0.2, 0) is 22.6 Å². The lowest BCUT2D eigenvalue weighted by atomic mass is 9.81. The van der Waals surface area contributed by atoms with Crippen LogP contribution in [0.3, 0.4) is 0 Å². The summed E-state index contributed by atoms with van der Waals surface area (Å²) in [4.78, 5) is 10.9. The van der Waals surface area contributed by atoms with Gasteiger partial charge in [0, 0.05) is 19.1 Å². The van der Waals surface area contributed by atoms with Gasteiger partial charge in [0.15, 0.2) is 0 Å². The minimum atomic E-state index is -0.759. The second kappa shape index (κ2) is 12.9. The Morgan fingerprint density at radius 1 is 0.921 bits per heavy atom. The number of carboxylic acid groups (broad SMARTS) is 1. The summed E-state index contributed by atoms with van der Waals surface area (Å²) < 4.78 is 32.3. The highest BCUT2D eigenvalue weighted by Crippen LogP contribution is 2.42. The zero-order chi connectivity index (χ0) is 27.9. The molecule has 38 heavy (non-hydrogen) atoms. The van der Waals surface area contributed by atoms with Crippen LogP contribution in [0.1, 0.15) is 63.3 Å². The molecule has 3 aromatic carbocycles. The van der Waals surface area contributed by atoms with E-state index in [9.17, 15) is 9.18 Å². The molecule has 0 aliphatic carbocycles. The fourth-order valence-electron chi connectivity index (χ4n) is 4.68. The SMILES string of the molecule is COc1ccc(F)c(-c2ccc(COc3ccc(CC[C@H](C)CC(=O)O)cc3)cc2[C@@H](OC)C(C)(C)C)c1. The third-order valence-electron chi connectivity index (χ3n) is 6.66. The lowest BCUT2D eigenvalue weighted by Crippen LogP contribution is -2.21. The van der Waals surface area contributed by atoms with Gasteiger partial charge in [0.25, 0.3) is 0 Å². The first-order valence-electron chi connectivity index (χ1n) is 12.9. The number of hydrogen-bond donors (Lipinski definition) is 1.